The Bertz CT molecular complexity index is 1050. The number of alkyl halides is 2. The van der Waals surface area contributed by atoms with E-state index < -0.39 is 5.92 Å². The van der Waals surface area contributed by atoms with Crippen LogP contribution in [0.25, 0.3) is 21.9 Å². The Morgan fingerprint density at radius 1 is 1.05 bits per heavy atom. The van der Waals surface area contributed by atoms with Gasteiger partial charge in [0, 0.05) is 49.1 Å². The van der Waals surface area contributed by atoms with Crippen LogP contribution in [0.5, 0.6) is 0 Å². The van der Waals surface area contributed by atoms with Crippen molar-refractivity contribution in [3.63, 3.8) is 0 Å². The van der Waals surface area contributed by atoms with Gasteiger partial charge in [-0.1, -0.05) is 67.0 Å². The van der Waals surface area contributed by atoms with E-state index in [0.717, 1.165) is 35.2 Å². The van der Waals surface area contributed by atoms with Crippen molar-refractivity contribution in [3.05, 3.63) is 35.2 Å². The van der Waals surface area contributed by atoms with E-state index >= 15 is 0 Å². The molecule has 39 heavy (non-hydrogen) atoms. The molecule has 1 aliphatic carbocycles. The van der Waals surface area contributed by atoms with Gasteiger partial charge in [-0.15, -0.1) is 0 Å². The van der Waals surface area contributed by atoms with Crippen molar-refractivity contribution in [1.82, 2.24) is 14.5 Å². The highest BCUT2D eigenvalue weighted by Crippen LogP contribution is 2.48. The smallest absolute Gasteiger partial charge is 0.249 e. The summed E-state index contributed by atoms with van der Waals surface area (Å²) in [5.41, 5.74) is 2.44. The summed E-state index contributed by atoms with van der Waals surface area (Å²) in [6.45, 7) is 17.7. The molecule has 2 fully saturated rings. The van der Waals surface area contributed by atoms with E-state index in [4.69, 9.17) is 20.5 Å². The number of ether oxygens (including phenoxy) is 1. The number of rotatable bonds is 4. The average molecular weight is 590 g/mol. The topological polar surface area (TPSA) is 49.2 Å². The Hall–Kier alpha value is -1.48. The van der Waals surface area contributed by atoms with Crippen LogP contribution in [0.2, 0.25) is 5.02 Å². The Balaban J connectivity index is 0.000000679. The number of aryl methyl sites for hydroxylation is 1. The van der Waals surface area contributed by atoms with E-state index in [1.807, 2.05) is 85.4 Å². The summed E-state index contributed by atoms with van der Waals surface area (Å²) < 4.78 is 38.7. The molecule has 0 amide bonds. The van der Waals surface area contributed by atoms with E-state index in [1.165, 1.54) is 31.3 Å². The van der Waals surface area contributed by atoms with E-state index in [2.05, 4.69) is 9.97 Å². The first-order valence-electron chi connectivity index (χ1n) is 14.4. The van der Waals surface area contributed by atoms with Gasteiger partial charge in [0.05, 0.1) is 29.9 Å². The third-order valence-electron chi connectivity index (χ3n) is 5.80. The highest BCUT2D eigenvalue weighted by Gasteiger charge is 2.47. The Kier molecular flexibility index (Phi) is 19.6. The number of pyridine rings is 1. The summed E-state index contributed by atoms with van der Waals surface area (Å²) in [6.07, 6.45) is 7.40. The summed E-state index contributed by atoms with van der Waals surface area (Å²) in [7, 11) is 1.86. The number of hydrogen-bond acceptors (Lipinski definition) is 5. The average Bonchev–Trinajstić information content (AvgIpc) is 3.32. The molecule has 9 heteroatoms. The maximum atomic E-state index is 13.1. The minimum Gasteiger partial charge on any atom is -0.376 e. The predicted octanol–water partition coefficient (Wildman–Crippen LogP) is 10.2. The fourth-order valence-corrected chi connectivity index (χ4v) is 4.64. The maximum Gasteiger partial charge on any atom is 0.249 e. The molecule has 0 N–H and O–H groups in total. The number of halogens is 3. The van der Waals surface area contributed by atoms with Gasteiger partial charge in [0.1, 0.15) is 11.3 Å². The van der Waals surface area contributed by atoms with Gasteiger partial charge in [0.25, 0.3) is 0 Å². The molecule has 2 aromatic heterocycles. The number of aromatic nitrogens is 3. The lowest BCUT2D eigenvalue weighted by Crippen LogP contribution is -2.35. The second kappa shape index (κ2) is 20.4. The third-order valence-corrected chi connectivity index (χ3v) is 6.40. The van der Waals surface area contributed by atoms with Crippen LogP contribution in [-0.4, -0.2) is 46.0 Å². The molecule has 3 heterocycles. The van der Waals surface area contributed by atoms with Crippen LogP contribution in [0.15, 0.2) is 24.4 Å². The van der Waals surface area contributed by atoms with Gasteiger partial charge >= 0.3 is 0 Å². The summed E-state index contributed by atoms with van der Waals surface area (Å²) in [5.74, 6) is -2.04. The second-order valence-electron chi connectivity index (χ2n) is 8.08. The highest BCUT2D eigenvalue weighted by molar-refractivity contribution is 7.93. The van der Waals surface area contributed by atoms with E-state index in [1.54, 1.807) is 12.3 Å². The molecule has 5 rings (SSSR count). The molecule has 3 aromatic rings. The first kappa shape index (κ1) is 37.5. The van der Waals surface area contributed by atoms with Crippen LogP contribution in [-0.2, 0) is 16.0 Å². The quantitative estimate of drug-likeness (QED) is 0.283. The van der Waals surface area contributed by atoms with Crippen molar-refractivity contribution in [2.75, 3.05) is 19.5 Å². The molecule has 1 saturated carbocycles. The molecule has 0 radical (unpaired) electrons. The standard InChI is InChI=1S/C15H12ClF2N3.C7H14O2S.4C2H6/c1-21-13-10-4-9(16)2-3-11(10)19-7-12(13)20-14(21)8-5-15(17,18)6-8;1-10-9-6-7-4-2-3-5-8-7;4*1-2/h2-4,7-8H,5-6H2,1H3;7H,2-6H2,1H3;4*1-2H3/t;7-;;;;/m.0..../s1. The van der Waals surface area contributed by atoms with Gasteiger partial charge < -0.3 is 13.5 Å². The van der Waals surface area contributed by atoms with Crippen LogP contribution >= 0.6 is 23.6 Å². The molecular weight excluding hydrogens is 540 g/mol. The molecule has 5 nitrogen and oxygen atoms in total. The van der Waals surface area contributed by atoms with E-state index in [-0.39, 0.29) is 18.8 Å². The molecule has 0 bridgehead atoms. The molecular formula is C30H50ClF2N3O2S. The lowest BCUT2D eigenvalue weighted by atomic mass is 9.81. The van der Waals surface area contributed by atoms with Gasteiger partial charge in [-0.3, -0.25) is 4.98 Å². The number of benzene rings is 1. The zero-order valence-electron chi connectivity index (χ0n) is 25.6. The van der Waals surface area contributed by atoms with Crippen LogP contribution in [0, 0.1) is 0 Å². The Morgan fingerprint density at radius 3 is 2.23 bits per heavy atom. The first-order valence-corrected chi connectivity index (χ1v) is 16.0. The van der Waals surface area contributed by atoms with Gasteiger partial charge in [0.15, 0.2) is 0 Å². The lowest BCUT2D eigenvalue weighted by Gasteiger charge is -2.34. The minimum absolute atomic E-state index is 0.129. The number of fused-ring (bicyclic) bond motifs is 3. The fraction of sp³-hybridized carbons (Fsp3) is 0.667. The van der Waals surface area contributed by atoms with Gasteiger partial charge in [-0.2, -0.15) is 0 Å². The second-order valence-corrected chi connectivity index (χ2v) is 9.09. The molecule has 2 aliphatic rings. The SMILES string of the molecule is CC.CC.CC.CC.CSOC[C@@H]1CCCCO1.Cn1c(C2CC(F)(F)C2)nc2cnc3ccc(Cl)cc3c21. The first-order chi connectivity index (χ1) is 18.9. The van der Waals surface area contributed by atoms with Crippen molar-refractivity contribution in [1.29, 1.82) is 0 Å². The van der Waals surface area contributed by atoms with Crippen LogP contribution in [0.3, 0.4) is 0 Å². The Labute approximate surface area is 244 Å². The molecule has 1 saturated heterocycles. The molecule has 224 valence electrons. The van der Waals surface area contributed by atoms with E-state index in [0.29, 0.717) is 17.0 Å². The van der Waals surface area contributed by atoms with Crippen molar-refractivity contribution >= 4 is 45.6 Å². The fourth-order valence-electron chi connectivity index (χ4n) is 4.18. The summed E-state index contributed by atoms with van der Waals surface area (Å²) in [6, 6.07) is 5.47. The molecule has 1 atom stereocenters. The minimum atomic E-state index is -2.55. The van der Waals surface area contributed by atoms with Crippen molar-refractivity contribution < 1.29 is 17.7 Å². The molecule has 1 aliphatic heterocycles. The van der Waals surface area contributed by atoms with Crippen molar-refractivity contribution in [3.8, 4) is 0 Å². The lowest BCUT2D eigenvalue weighted by molar-refractivity contribution is -0.0889. The zero-order chi connectivity index (χ0) is 30.0. The van der Waals surface area contributed by atoms with Crippen LogP contribution in [0.4, 0.5) is 8.78 Å². The predicted molar refractivity (Wildman–Crippen MR) is 166 cm³/mol. The van der Waals surface area contributed by atoms with Crippen molar-refractivity contribution in [2.24, 2.45) is 7.05 Å². The largest absolute Gasteiger partial charge is 0.376 e. The van der Waals surface area contributed by atoms with Gasteiger partial charge in [-0.25, -0.2) is 13.8 Å². The van der Waals surface area contributed by atoms with Crippen molar-refractivity contribution in [2.45, 2.75) is 105 Å². The van der Waals surface area contributed by atoms with E-state index in [9.17, 15) is 8.78 Å². The van der Waals surface area contributed by atoms with Gasteiger partial charge in [-0.05, 0) is 49.5 Å². The van der Waals surface area contributed by atoms with Crippen LogP contribution < -0.4 is 0 Å². The number of hydrogen-bond donors (Lipinski definition) is 0. The highest BCUT2D eigenvalue weighted by atomic mass is 35.5. The monoisotopic (exact) mass is 589 g/mol. The molecule has 1 aromatic carbocycles. The zero-order valence-corrected chi connectivity index (χ0v) is 27.2. The summed E-state index contributed by atoms with van der Waals surface area (Å²) in [4.78, 5) is 8.86. The summed E-state index contributed by atoms with van der Waals surface area (Å²) >= 11 is 7.48. The number of imidazole rings is 1. The third kappa shape index (κ3) is 11.1. The summed E-state index contributed by atoms with van der Waals surface area (Å²) in [5, 5.41) is 1.52. The van der Waals surface area contributed by atoms with Crippen LogP contribution in [0.1, 0.15) is 99.2 Å². The maximum absolute atomic E-state index is 13.1. The molecule has 0 spiro atoms. The molecule has 0 unspecified atom stereocenters. The normalized spacial score (nSPS) is 17.3. The number of nitrogens with zero attached hydrogens (tertiary/aromatic N) is 3. The van der Waals surface area contributed by atoms with Gasteiger partial charge in [0.2, 0.25) is 5.92 Å². The Morgan fingerprint density at radius 2 is 1.69 bits per heavy atom.